The van der Waals surface area contributed by atoms with Gasteiger partial charge < -0.3 is 5.73 Å². The Hall–Kier alpha value is -0.660. The highest BCUT2D eigenvalue weighted by molar-refractivity contribution is 7.84. The van der Waals surface area contributed by atoms with Gasteiger partial charge in [0.1, 0.15) is 6.04 Å². The summed E-state index contributed by atoms with van der Waals surface area (Å²) in [5.41, 5.74) is 5.19. The fourth-order valence-corrected chi connectivity index (χ4v) is 1.84. The van der Waals surface area contributed by atoms with E-state index in [1.807, 2.05) is 0 Å². The maximum Gasteiger partial charge on any atom is 0.362 e. The lowest BCUT2D eigenvalue weighted by molar-refractivity contribution is -0.139. The Morgan fingerprint density at radius 1 is 1.64 bits per heavy atom. The Kier molecular flexibility index (Phi) is 1.66. The lowest BCUT2D eigenvalue weighted by Crippen LogP contribution is -2.68. The first-order valence-electron chi connectivity index (χ1n) is 2.92. The Balaban J connectivity index is 2.88. The van der Waals surface area contributed by atoms with E-state index in [2.05, 4.69) is 0 Å². The van der Waals surface area contributed by atoms with Crippen LogP contribution in [-0.2, 0) is 15.1 Å². The third-order valence-electron chi connectivity index (χ3n) is 1.64. The highest BCUT2D eigenvalue weighted by Crippen LogP contribution is 2.20. The molecule has 1 saturated heterocycles. The number of rotatable bonds is 1. The van der Waals surface area contributed by atoms with Crippen LogP contribution in [0.15, 0.2) is 0 Å². The Morgan fingerprint density at radius 2 is 2.09 bits per heavy atom. The summed E-state index contributed by atoms with van der Waals surface area (Å²) < 4.78 is 29.5. The molecule has 0 aromatic rings. The predicted octanol–water partition coefficient (Wildman–Crippen LogP) is -1.65. The van der Waals surface area contributed by atoms with E-state index in [1.54, 1.807) is 0 Å². The Bertz CT molecular complexity index is 284. The van der Waals surface area contributed by atoms with Gasteiger partial charge in [0.05, 0.1) is 6.04 Å². The van der Waals surface area contributed by atoms with Gasteiger partial charge in [-0.1, -0.05) is 0 Å². The van der Waals surface area contributed by atoms with Crippen LogP contribution >= 0.6 is 0 Å². The number of carbonyl (C=O) groups excluding carboxylic acids is 1. The number of nitrogens with zero attached hydrogens (tertiary/aromatic N) is 1. The van der Waals surface area contributed by atoms with Crippen molar-refractivity contribution in [3.8, 4) is 0 Å². The zero-order valence-electron chi connectivity index (χ0n) is 5.76. The summed E-state index contributed by atoms with van der Waals surface area (Å²) in [6.07, 6.45) is 0. The van der Waals surface area contributed by atoms with Gasteiger partial charge in [-0.05, 0) is 6.92 Å². The van der Waals surface area contributed by atoms with Crippen molar-refractivity contribution in [3.63, 3.8) is 0 Å². The van der Waals surface area contributed by atoms with Crippen LogP contribution in [0.25, 0.3) is 0 Å². The molecular formula is C4H8N2O4S. The van der Waals surface area contributed by atoms with Crippen LogP contribution in [0.1, 0.15) is 6.92 Å². The first kappa shape index (κ1) is 8.44. The minimum atomic E-state index is -4.39. The van der Waals surface area contributed by atoms with Gasteiger partial charge in [0.15, 0.2) is 0 Å². The lowest BCUT2D eigenvalue weighted by atomic mass is 10.0. The summed E-state index contributed by atoms with van der Waals surface area (Å²) in [6.45, 7) is 1.44. The van der Waals surface area contributed by atoms with E-state index in [0.29, 0.717) is 4.31 Å². The largest absolute Gasteiger partial charge is 0.362 e. The van der Waals surface area contributed by atoms with Gasteiger partial charge in [-0.25, -0.2) is 4.31 Å². The summed E-state index contributed by atoms with van der Waals surface area (Å²) in [5, 5.41) is 0. The van der Waals surface area contributed by atoms with Crippen LogP contribution in [0.4, 0.5) is 0 Å². The lowest BCUT2D eigenvalue weighted by Gasteiger charge is -2.39. The molecule has 1 aliphatic rings. The van der Waals surface area contributed by atoms with Crippen molar-refractivity contribution in [1.82, 2.24) is 4.31 Å². The van der Waals surface area contributed by atoms with E-state index in [4.69, 9.17) is 10.3 Å². The van der Waals surface area contributed by atoms with E-state index in [9.17, 15) is 13.2 Å². The quantitative estimate of drug-likeness (QED) is 0.372. The number of carbonyl (C=O) groups is 1. The van der Waals surface area contributed by atoms with Crippen molar-refractivity contribution >= 4 is 16.2 Å². The number of β-lactam (4-membered cyclic amide) rings is 1. The summed E-state index contributed by atoms with van der Waals surface area (Å²) in [5.74, 6) is -0.764. The monoisotopic (exact) mass is 180 g/mol. The fraction of sp³-hybridized carbons (Fsp3) is 0.750. The molecule has 0 spiro atoms. The van der Waals surface area contributed by atoms with Crippen LogP contribution in [0.2, 0.25) is 0 Å². The summed E-state index contributed by atoms with van der Waals surface area (Å²) in [4.78, 5) is 10.7. The number of hydrogen-bond donors (Lipinski definition) is 2. The summed E-state index contributed by atoms with van der Waals surface area (Å²) >= 11 is 0. The van der Waals surface area contributed by atoms with Crippen molar-refractivity contribution in [3.05, 3.63) is 0 Å². The Morgan fingerprint density at radius 3 is 2.27 bits per heavy atom. The molecular weight excluding hydrogens is 172 g/mol. The molecule has 1 aliphatic heterocycles. The van der Waals surface area contributed by atoms with Gasteiger partial charge >= 0.3 is 10.3 Å². The van der Waals surface area contributed by atoms with E-state index in [-0.39, 0.29) is 0 Å². The first-order valence-corrected chi connectivity index (χ1v) is 4.31. The predicted molar refractivity (Wildman–Crippen MR) is 35.8 cm³/mol. The number of nitrogens with two attached hydrogens (primary N) is 1. The van der Waals surface area contributed by atoms with Crippen molar-refractivity contribution < 1.29 is 17.8 Å². The van der Waals surface area contributed by atoms with Crippen LogP contribution in [0.5, 0.6) is 0 Å². The smallest absolute Gasteiger partial charge is 0.318 e. The average Bonchev–Trinajstić information content (AvgIpc) is 1.85. The molecule has 0 aromatic heterocycles. The molecule has 0 aliphatic carbocycles. The molecule has 11 heavy (non-hydrogen) atoms. The minimum Gasteiger partial charge on any atom is -0.318 e. The fourth-order valence-electron chi connectivity index (χ4n) is 0.942. The molecule has 0 radical (unpaired) electrons. The van der Waals surface area contributed by atoms with Gasteiger partial charge in [0.25, 0.3) is 5.91 Å². The molecule has 0 unspecified atom stereocenters. The Labute approximate surface area is 63.9 Å². The van der Waals surface area contributed by atoms with Crippen molar-refractivity contribution in [2.75, 3.05) is 0 Å². The molecule has 0 bridgehead atoms. The summed E-state index contributed by atoms with van der Waals surface area (Å²) in [6, 6.07) is -1.45. The van der Waals surface area contributed by atoms with Gasteiger partial charge in [0, 0.05) is 0 Å². The molecule has 1 rings (SSSR count). The highest BCUT2D eigenvalue weighted by Gasteiger charge is 2.48. The first-order chi connectivity index (χ1) is 4.85. The number of hydrogen-bond acceptors (Lipinski definition) is 4. The molecule has 2 atom stereocenters. The van der Waals surface area contributed by atoms with Crippen molar-refractivity contribution in [2.45, 2.75) is 19.0 Å². The van der Waals surface area contributed by atoms with Crippen LogP contribution < -0.4 is 5.73 Å². The zero-order valence-corrected chi connectivity index (χ0v) is 6.58. The second kappa shape index (κ2) is 2.16. The highest BCUT2D eigenvalue weighted by atomic mass is 32.2. The topological polar surface area (TPSA) is 101 Å². The second-order valence-corrected chi connectivity index (χ2v) is 3.67. The average molecular weight is 180 g/mol. The third kappa shape index (κ3) is 1.10. The van der Waals surface area contributed by atoms with Gasteiger partial charge in [-0.3, -0.25) is 9.35 Å². The molecule has 1 amide bonds. The maximum atomic E-state index is 10.7. The van der Waals surface area contributed by atoms with Gasteiger partial charge in [-0.2, -0.15) is 8.42 Å². The normalized spacial score (nSPS) is 31.9. The van der Waals surface area contributed by atoms with Crippen LogP contribution in [0, 0.1) is 0 Å². The van der Waals surface area contributed by atoms with Crippen molar-refractivity contribution in [1.29, 1.82) is 0 Å². The van der Waals surface area contributed by atoms with Crippen LogP contribution in [0.3, 0.4) is 0 Å². The zero-order chi connectivity index (χ0) is 8.81. The second-order valence-electron chi connectivity index (χ2n) is 2.38. The molecule has 7 heteroatoms. The molecule has 1 heterocycles. The van der Waals surface area contributed by atoms with E-state index in [0.717, 1.165) is 0 Å². The van der Waals surface area contributed by atoms with E-state index >= 15 is 0 Å². The molecule has 1 fully saturated rings. The molecule has 3 N–H and O–H groups in total. The van der Waals surface area contributed by atoms with E-state index < -0.39 is 28.3 Å². The molecule has 6 nitrogen and oxygen atoms in total. The van der Waals surface area contributed by atoms with Gasteiger partial charge in [0.2, 0.25) is 0 Å². The van der Waals surface area contributed by atoms with Crippen molar-refractivity contribution in [2.24, 2.45) is 5.73 Å². The van der Waals surface area contributed by atoms with E-state index in [1.165, 1.54) is 6.92 Å². The number of amides is 1. The van der Waals surface area contributed by atoms with Crippen LogP contribution in [-0.4, -0.2) is 35.3 Å². The standard InChI is InChI=1S/C4H8N2O4S/c1-2-3(5)4(7)6(2)11(8,9)10/h2-3H,5H2,1H3,(H,8,9,10)/t2-,3-/m0/s1. The summed E-state index contributed by atoms with van der Waals surface area (Å²) in [7, 11) is -4.39. The minimum absolute atomic E-state index is 0.359. The van der Waals surface area contributed by atoms with Gasteiger partial charge in [-0.15, -0.1) is 0 Å². The third-order valence-corrected chi connectivity index (χ3v) is 2.65. The maximum absolute atomic E-state index is 10.7. The molecule has 64 valence electrons. The SMILES string of the molecule is C[C@H]1[C@H](N)C(=O)N1S(=O)(=O)O. The molecule has 0 aromatic carbocycles. The molecule has 0 saturated carbocycles.